The van der Waals surface area contributed by atoms with Crippen LogP contribution in [0, 0.1) is 0 Å². The molecular formula is C13H12S4. The Labute approximate surface area is 119 Å². The molecule has 0 spiro atoms. The minimum absolute atomic E-state index is 1.08. The third kappa shape index (κ3) is 3.11. The molecule has 0 aromatic carbocycles. The molecule has 3 rings (SSSR count). The van der Waals surface area contributed by atoms with Crippen molar-refractivity contribution in [3.05, 3.63) is 54.7 Å². The maximum absolute atomic E-state index is 2.24. The molecule has 2 aliphatic heterocycles. The molecule has 0 unspecified atom stereocenters. The van der Waals surface area contributed by atoms with Crippen LogP contribution in [0.15, 0.2) is 54.7 Å². The highest BCUT2D eigenvalue weighted by Gasteiger charge is 2.24. The van der Waals surface area contributed by atoms with Crippen molar-refractivity contribution in [2.24, 2.45) is 0 Å². The van der Waals surface area contributed by atoms with Crippen molar-refractivity contribution in [3.8, 4) is 0 Å². The van der Waals surface area contributed by atoms with Crippen LogP contribution in [0.3, 0.4) is 0 Å². The molecule has 0 atom stereocenters. The minimum atomic E-state index is 1.08. The number of thioether (sulfide) groups is 4. The molecule has 0 fully saturated rings. The van der Waals surface area contributed by atoms with Crippen LogP contribution < -0.4 is 0 Å². The fourth-order valence-electron chi connectivity index (χ4n) is 1.64. The van der Waals surface area contributed by atoms with E-state index < -0.39 is 0 Å². The summed E-state index contributed by atoms with van der Waals surface area (Å²) in [5.74, 6) is 2.53. The van der Waals surface area contributed by atoms with Crippen molar-refractivity contribution >= 4 is 47.0 Å². The minimum Gasteiger partial charge on any atom is -0.116 e. The van der Waals surface area contributed by atoms with E-state index in [1.807, 2.05) is 47.0 Å². The summed E-state index contributed by atoms with van der Waals surface area (Å²) in [6.07, 6.45) is 14.2. The van der Waals surface area contributed by atoms with Crippen LogP contribution in [-0.2, 0) is 0 Å². The summed E-state index contributed by atoms with van der Waals surface area (Å²) in [4.78, 5) is 0. The van der Waals surface area contributed by atoms with Crippen LogP contribution in [0.1, 0.15) is 6.42 Å². The zero-order chi connectivity index (χ0) is 11.5. The standard InChI is InChI=1S/C13H12S4/c1-2-5-10(4-1)6-3-7-11-16-12-13(17-11)15-9-8-14-12/h1-4,6-7H,5,8-9H2/b6-3+. The zero-order valence-corrected chi connectivity index (χ0v) is 12.5. The van der Waals surface area contributed by atoms with Gasteiger partial charge >= 0.3 is 0 Å². The predicted octanol–water partition coefficient (Wildman–Crippen LogP) is 5.36. The summed E-state index contributed by atoms with van der Waals surface area (Å²) in [5, 5.41) is 0. The van der Waals surface area contributed by atoms with Gasteiger partial charge in [-0.25, -0.2) is 0 Å². The lowest BCUT2D eigenvalue weighted by Gasteiger charge is -2.08. The van der Waals surface area contributed by atoms with Gasteiger partial charge in [0.25, 0.3) is 0 Å². The lowest BCUT2D eigenvalue weighted by molar-refractivity contribution is 1.33. The Bertz CT molecular complexity index is 446. The van der Waals surface area contributed by atoms with Gasteiger partial charge in [-0.1, -0.05) is 53.9 Å². The first kappa shape index (κ1) is 12.2. The number of hydrogen-bond acceptors (Lipinski definition) is 4. The molecule has 0 radical (unpaired) electrons. The van der Waals surface area contributed by atoms with Crippen LogP contribution >= 0.6 is 47.0 Å². The van der Waals surface area contributed by atoms with Gasteiger partial charge in [0.05, 0.1) is 12.7 Å². The lowest BCUT2D eigenvalue weighted by Crippen LogP contribution is -1.88. The smallest absolute Gasteiger partial charge is 0.0660 e. The zero-order valence-electron chi connectivity index (χ0n) is 9.22. The van der Waals surface area contributed by atoms with Crippen LogP contribution in [0.25, 0.3) is 0 Å². The monoisotopic (exact) mass is 296 g/mol. The molecule has 0 amide bonds. The van der Waals surface area contributed by atoms with E-state index >= 15 is 0 Å². The first-order valence-electron chi connectivity index (χ1n) is 5.51. The highest BCUT2D eigenvalue weighted by Crippen LogP contribution is 2.59. The third-order valence-corrected chi connectivity index (χ3v) is 8.13. The molecule has 2 heterocycles. The van der Waals surface area contributed by atoms with Crippen LogP contribution in [0.4, 0.5) is 0 Å². The van der Waals surface area contributed by atoms with Crippen molar-refractivity contribution in [1.82, 2.24) is 0 Å². The summed E-state index contributed by atoms with van der Waals surface area (Å²) in [5.41, 5.74) is 1.40. The van der Waals surface area contributed by atoms with E-state index in [0.29, 0.717) is 0 Å². The molecule has 3 aliphatic rings. The molecule has 4 heteroatoms. The summed E-state index contributed by atoms with van der Waals surface area (Å²) < 4.78 is 4.46. The highest BCUT2D eigenvalue weighted by atomic mass is 32.3. The Morgan fingerprint density at radius 1 is 1.06 bits per heavy atom. The quantitative estimate of drug-likeness (QED) is 0.672. The van der Waals surface area contributed by atoms with E-state index in [1.165, 1.54) is 29.8 Å². The van der Waals surface area contributed by atoms with Gasteiger partial charge in [-0.3, -0.25) is 0 Å². The van der Waals surface area contributed by atoms with E-state index in [-0.39, 0.29) is 0 Å². The molecule has 0 nitrogen and oxygen atoms in total. The van der Waals surface area contributed by atoms with E-state index in [2.05, 4.69) is 36.5 Å². The molecule has 17 heavy (non-hydrogen) atoms. The van der Waals surface area contributed by atoms with Crippen molar-refractivity contribution in [2.45, 2.75) is 6.42 Å². The van der Waals surface area contributed by atoms with Gasteiger partial charge in [-0.15, -0.1) is 23.5 Å². The van der Waals surface area contributed by atoms with Gasteiger partial charge in [0, 0.05) is 11.5 Å². The van der Waals surface area contributed by atoms with Gasteiger partial charge in [0.15, 0.2) is 0 Å². The van der Waals surface area contributed by atoms with Gasteiger partial charge < -0.3 is 0 Å². The Morgan fingerprint density at radius 2 is 1.82 bits per heavy atom. The molecule has 0 saturated carbocycles. The summed E-state index contributed by atoms with van der Waals surface area (Å²) in [7, 11) is 0. The maximum atomic E-state index is 2.24. The Hall–Kier alpha value is 0.1000. The third-order valence-electron chi connectivity index (χ3n) is 2.45. The first-order chi connectivity index (χ1) is 8.42. The molecule has 0 bridgehead atoms. The van der Waals surface area contributed by atoms with E-state index in [0.717, 1.165) is 6.42 Å². The summed E-state index contributed by atoms with van der Waals surface area (Å²) in [6, 6.07) is 0. The second-order valence-electron chi connectivity index (χ2n) is 3.69. The Balaban J connectivity index is 1.60. The van der Waals surface area contributed by atoms with Crippen LogP contribution in [-0.4, -0.2) is 11.5 Å². The molecule has 1 aliphatic carbocycles. The fourth-order valence-corrected chi connectivity index (χ4v) is 7.44. The summed E-state index contributed by atoms with van der Waals surface area (Å²) >= 11 is 7.90. The fraction of sp³-hybridized carbons (Fsp3) is 0.231. The molecule has 88 valence electrons. The first-order valence-corrected chi connectivity index (χ1v) is 9.12. The topological polar surface area (TPSA) is 0 Å². The molecule has 0 N–H and O–H groups in total. The van der Waals surface area contributed by atoms with E-state index in [1.54, 1.807) is 0 Å². The predicted molar refractivity (Wildman–Crippen MR) is 86.2 cm³/mol. The normalized spacial score (nSPS) is 23.5. The van der Waals surface area contributed by atoms with Gasteiger partial charge in [0.1, 0.15) is 0 Å². The molecular weight excluding hydrogens is 284 g/mol. The average Bonchev–Trinajstić information content (AvgIpc) is 2.96. The Morgan fingerprint density at radius 3 is 2.47 bits per heavy atom. The van der Waals surface area contributed by atoms with Crippen molar-refractivity contribution in [3.63, 3.8) is 0 Å². The van der Waals surface area contributed by atoms with E-state index in [4.69, 9.17) is 0 Å². The second-order valence-corrected chi connectivity index (χ2v) is 8.78. The Kier molecular flexibility index (Phi) is 4.16. The second kappa shape index (κ2) is 5.83. The van der Waals surface area contributed by atoms with Crippen molar-refractivity contribution in [2.75, 3.05) is 11.5 Å². The van der Waals surface area contributed by atoms with E-state index in [9.17, 15) is 0 Å². The molecule has 0 saturated heterocycles. The van der Waals surface area contributed by atoms with Crippen molar-refractivity contribution < 1.29 is 0 Å². The van der Waals surface area contributed by atoms with Gasteiger partial charge in [-0.05, 0) is 18.1 Å². The van der Waals surface area contributed by atoms with Gasteiger partial charge in [-0.2, -0.15) is 0 Å². The SMILES string of the molecule is C1=CCC(/C=C/C=C2SC3=C(SCCS3)S2)=C1. The number of allylic oxidation sites excluding steroid dienone is 7. The van der Waals surface area contributed by atoms with Crippen LogP contribution in [0.2, 0.25) is 0 Å². The van der Waals surface area contributed by atoms with Gasteiger partial charge in [0.2, 0.25) is 0 Å². The maximum Gasteiger partial charge on any atom is 0.0660 e. The number of hydrogen-bond donors (Lipinski definition) is 0. The van der Waals surface area contributed by atoms with Crippen molar-refractivity contribution in [1.29, 1.82) is 0 Å². The molecule has 0 aromatic heterocycles. The number of rotatable bonds is 2. The summed E-state index contributed by atoms with van der Waals surface area (Å²) in [6.45, 7) is 0. The van der Waals surface area contributed by atoms with Crippen LogP contribution in [0.5, 0.6) is 0 Å². The lowest BCUT2D eigenvalue weighted by atomic mass is 10.2. The highest BCUT2D eigenvalue weighted by molar-refractivity contribution is 8.41. The molecule has 0 aromatic rings. The average molecular weight is 297 g/mol. The largest absolute Gasteiger partial charge is 0.116 e.